The number of esters is 1. The topological polar surface area (TPSA) is 55.7 Å². The van der Waals surface area contributed by atoms with E-state index in [-0.39, 0.29) is 5.97 Å². The third-order valence-electron chi connectivity index (χ3n) is 7.21. The zero-order valence-electron chi connectivity index (χ0n) is 20.6. The number of morpholine rings is 1. The molecule has 184 valence electrons. The summed E-state index contributed by atoms with van der Waals surface area (Å²) in [4.78, 5) is 14.8. The Labute approximate surface area is 211 Å². The third-order valence-corrected chi connectivity index (χ3v) is 7.21. The number of rotatable bonds is 7. The summed E-state index contributed by atoms with van der Waals surface area (Å²) in [6.45, 7) is 4.30. The van der Waals surface area contributed by atoms with Crippen molar-refractivity contribution in [2.75, 3.05) is 43.6 Å². The van der Waals surface area contributed by atoms with E-state index < -0.39 is 0 Å². The highest BCUT2D eigenvalue weighted by molar-refractivity contribution is 5.97. The molecule has 1 saturated carbocycles. The second-order valence-electron chi connectivity index (χ2n) is 9.68. The zero-order chi connectivity index (χ0) is 24.5. The molecule has 2 fully saturated rings. The molecule has 6 nitrogen and oxygen atoms in total. The molecular weight excluding hydrogens is 450 g/mol. The number of hydrogen-bond acceptors (Lipinski definition) is 5. The van der Waals surface area contributed by atoms with Gasteiger partial charge in [0.2, 0.25) is 0 Å². The largest absolute Gasteiger partial charge is 0.465 e. The van der Waals surface area contributed by atoms with Crippen molar-refractivity contribution in [3.05, 3.63) is 89.6 Å². The smallest absolute Gasteiger partial charge is 0.339 e. The highest BCUT2D eigenvalue weighted by atomic mass is 16.5. The van der Waals surface area contributed by atoms with E-state index in [0.29, 0.717) is 11.5 Å². The molecule has 1 N–H and O–H groups in total. The Morgan fingerprint density at radius 3 is 2.56 bits per heavy atom. The molecular formula is C30H31N3O3. The van der Waals surface area contributed by atoms with Crippen LogP contribution in [-0.2, 0) is 16.0 Å². The molecule has 3 aromatic carbocycles. The van der Waals surface area contributed by atoms with Crippen molar-refractivity contribution in [2.45, 2.75) is 25.3 Å². The maximum absolute atomic E-state index is 12.4. The number of methoxy groups -OCH3 is 1. The lowest BCUT2D eigenvalue weighted by molar-refractivity contribution is 0.0601. The van der Waals surface area contributed by atoms with Gasteiger partial charge in [0.05, 0.1) is 31.6 Å². The fourth-order valence-corrected chi connectivity index (χ4v) is 5.02. The van der Waals surface area contributed by atoms with E-state index in [1.165, 1.54) is 42.3 Å². The first-order valence-electron chi connectivity index (χ1n) is 12.7. The van der Waals surface area contributed by atoms with Gasteiger partial charge in [-0.1, -0.05) is 18.2 Å². The van der Waals surface area contributed by atoms with Gasteiger partial charge >= 0.3 is 5.97 Å². The molecule has 6 rings (SSSR count). The van der Waals surface area contributed by atoms with Gasteiger partial charge in [-0.05, 0) is 78.4 Å². The number of ether oxygens (including phenoxy) is 2. The van der Waals surface area contributed by atoms with Gasteiger partial charge in [-0.15, -0.1) is 0 Å². The predicted octanol–water partition coefficient (Wildman–Crippen LogP) is 5.93. The quantitative estimate of drug-likeness (QED) is 0.332. The van der Waals surface area contributed by atoms with Gasteiger partial charge in [0.15, 0.2) is 0 Å². The van der Waals surface area contributed by atoms with Gasteiger partial charge in [0.25, 0.3) is 0 Å². The SMILES string of the molecule is COC(=O)c1cc(C2CC2)ccc1Nc1ccc2c(ccn2Cc2ccc(N3CCOCC3)cc2)c1. The van der Waals surface area contributed by atoms with Gasteiger partial charge in [-0.2, -0.15) is 0 Å². The van der Waals surface area contributed by atoms with Gasteiger partial charge in [0, 0.05) is 48.1 Å². The van der Waals surface area contributed by atoms with E-state index in [1.807, 2.05) is 12.1 Å². The average Bonchev–Trinajstić information content (AvgIpc) is 3.71. The number of aromatic nitrogens is 1. The number of benzene rings is 3. The minimum Gasteiger partial charge on any atom is -0.465 e. The summed E-state index contributed by atoms with van der Waals surface area (Å²) in [6, 6.07) is 23.4. The average molecular weight is 482 g/mol. The molecule has 0 radical (unpaired) electrons. The Hall–Kier alpha value is -3.77. The summed E-state index contributed by atoms with van der Waals surface area (Å²) in [5.74, 6) is 0.265. The Bertz CT molecular complexity index is 1380. The Morgan fingerprint density at radius 2 is 1.81 bits per heavy atom. The maximum Gasteiger partial charge on any atom is 0.339 e. The van der Waals surface area contributed by atoms with Crippen molar-refractivity contribution in [3.63, 3.8) is 0 Å². The van der Waals surface area contributed by atoms with Crippen LogP contribution in [0.1, 0.15) is 40.2 Å². The molecule has 36 heavy (non-hydrogen) atoms. The molecule has 2 heterocycles. The predicted molar refractivity (Wildman–Crippen MR) is 144 cm³/mol. The van der Waals surface area contributed by atoms with Gasteiger partial charge < -0.3 is 24.3 Å². The van der Waals surface area contributed by atoms with Crippen LogP contribution in [0.2, 0.25) is 0 Å². The van der Waals surface area contributed by atoms with E-state index in [2.05, 4.69) is 75.6 Å². The van der Waals surface area contributed by atoms with Crippen molar-refractivity contribution >= 4 is 33.9 Å². The summed E-state index contributed by atoms with van der Waals surface area (Å²) in [5, 5.41) is 4.59. The van der Waals surface area contributed by atoms with Crippen LogP contribution in [0.15, 0.2) is 72.9 Å². The van der Waals surface area contributed by atoms with Gasteiger partial charge in [-0.3, -0.25) is 0 Å². The fraction of sp³-hybridized carbons (Fsp3) is 0.300. The molecule has 0 amide bonds. The Balaban J connectivity index is 1.19. The van der Waals surface area contributed by atoms with Crippen molar-refractivity contribution in [2.24, 2.45) is 0 Å². The molecule has 1 aliphatic heterocycles. The summed E-state index contributed by atoms with van der Waals surface area (Å²) < 4.78 is 12.8. The second-order valence-corrected chi connectivity index (χ2v) is 9.68. The van der Waals surface area contributed by atoms with Gasteiger partial charge in [0.1, 0.15) is 0 Å². The van der Waals surface area contributed by atoms with Crippen molar-refractivity contribution in [1.29, 1.82) is 0 Å². The first-order chi connectivity index (χ1) is 17.7. The van der Waals surface area contributed by atoms with Crippen molar-refractivity contribution in [3.8, 4) is 0 Å². The molecule has 0 atom stereocenters. The molecule has 4 aromatic rings. The van der Waals surface area contributed by atoms with Crippen LogP contribution in [0, 0.1) is 0 Å². The molecule has 1 aliphatic carbocycles. The van der Waals surface area contributed by atoms with Crippen LogP contribution < -0.4 is 10.2 Å². The van der Waals surface area contributed by atoms with Gasteiger partial charge in [-0.25, -0.2) is 4.79 Å². The molecule has 1 aromatic heterocycles. The second kappa shape index (κ2) is 9.70. The van der Waals surface area contributed by atoms with Crippen molar-refractivity contribution in [1.82, 2.24) is 4.57 Å². The first-order valence-corrected chi connectivity index (χ1v) is 12.7. The van der Waals surface area contributed by atoms with Crippen LogP contribution in [0.25, 0.3) is 10.9 Å². The highest BCUT2D eigenvalue weighted by Gasteiger charge is 2.25. The lowest BCUT2D eigenvalue weighted by atomic mass is 10.0. The number of fused-ring (bicyclic) bond motifs is 1. The van der Waals surface area contributed by atoms with Crippen LogP contribution in [0.3, 0.4) is 0 Å². The Morgan fingerprint density at radius 1 is 1.00 bits per heavy atom. The van der Waals surface area contributed by atoms with Crippen molar-refractivity contribution < 1.29 is 14.3 Å². The van der Waals surface area contributed by atoms with E-state index in [9.17, 15) is 4.79 Å². The summed E-state index contributed by atoms with van der Waals surface area (Å²) >= 11 is 0. The number of nitrogens with one attached hydrogen (secondary N) is 1. The standard InChI is InChI=1S/C30H31N3O3/c1-35-30(34)27-19-23(22-4-5-22)6-10-28(27)31-25-7-11-29-24(18-25)12-13-33(29)20-21-2-8-26(9-3-21)32-14-16-36-17-15-32/h2-3,6-13,18-19,22,31H,4-5,14-17,20H2,1H3. The van der Waals surface area contributed by atoms with E-state index >= 15 is 0 Å². The monoisotopic (exact) mass is 481 g/mol. The van der Waals surface area contributed by atoms with E-state index in [4.69, 9.17) is 9.47 Å². The highest BCUT2D eigenvalue weighted by Crippen LogP contribution is 2.41. The Kier molecular flexibility index (Phi) is 6.11. The summed E-state index contributed by atoms with van der Waals surface area (Å²) in [7, 11) is 1.43. The lowest BCUT2D eigenvalue weighted by Crippen LogP contribution is -2.36. The van der Waals surface area contributed by atoms with E-state index in [1.54, 1.807) is 0 Å². The number of carbonyl (C=O) groups excluding carboxylic acids is 1. The normalized spacial score (nSPS) is 15.8. The fourth-order valence-electron chi connectivity index (χ4n) is 5.02. The molecule has 0 unspecified atom stereocenters. The summed E-state index contributed by atoms with van der Waals surface area (Å²) in [6.07, 6.45) is 4.52. The number of carbonyl (C=O) groups is 1. The minimum absolute atomic E-state index is 0.313. The first kappa shape index (κ1) is 22.7. The molecule has 0 bridgehead atoms. The van der Waals surface area contributed by atoms with Crippen LogP contribution >= 0.6 is 0 Å². The molecule has 1 saturated heterocycles. The summed E-state index contributed by atoms with van der Waals surface area (Å²) in [5.41, 5.74) is 7.21. The molecule has 0 spiro atoms. The van der Waals surface area contributed by atoms with E-state index in [0.717, 1.165) is 49.6 Å². The minimum atomic E-state index is -0.313. The third kappa shape index (κ3) is 4.69. The number of hydrogen-bond donors (Lipinski definition) is 1. The molecule has 6 heteroatoms. The van der Waals surface area contributed by atoms with Crippen LogP contribution in [-0.4, -0.2) is 43.9 Å². The maximum atomic E-state index is 12.4. The molecule has 2 aliphatic rings. The number of anilines is 3. The number of nitrogens with zero attached hydrogens (tertiary/aromatic N) is 2. The zero-order valence-corrected chi connectivity index (χ0v) is 20.6. The van der Waals surface area contributed by atoms with Crippen LogP contribution in [0.4, 0.5) is 17.1 Å². The lowest BCUT2D eigenvalue weighted by Gasteiger charge is -2.28. The van der Waals surface area contributed by atoms with Crippen LogP contribution in [0.5, 0.6) is 0 Å².